The van der Waals surface area contributed by atoms with Crippen LogP contribution < -0.4 is 5.32 Å². The van der Waals surface area contributed by atoms with Crippen LogP contribution in [0.2, 0.25) is 0 Å². The molecule has 1 aromatic carbocycles. The summed E-state index contributed by atoms with van der Waals surface area (Å²) in [5.74, 6) is 1.48. The smallest absolute Gasteiger partial charge is 0.243 e. The number of hydrogen-bond acceptors (Lipinski definition) is 3. The maximum Gasteiger partial charge on any atom is 0.243 e. The lowest BCUT2D eigenvalue weighted by atomic mass is 9.99. The van der Waals surface area contributed by atoms with Gasteiger partial charge in [-0.05, 0) is 37.7 Å². The molecule has 1 atom stereocenters. The molecule has 2 rings (SSSR count). The Kier molecular flexibility index (Phi) is 9.11. The Morgan fingerprint density at radius 3 is 2.81 bits per heavy atom. The van der Waals surface area contributed by atoms with Crippen molar-refractivity contribution in [3.05, 3.63) is 35.9 Å². The number of carbonyl (C=O) groups is 1. The minimum Gasteiger partial charge on any atom is -0.382 e. The van der Waals surface area contributed by atoms with E-state index in [1.807, 2.05) is 6.92 Å². The third-order valence-electron chi connectivity index (χ3n) is 4.77. The van der Waals surface area contributed by atoms with Crippen molar-refractivity contribution >= 4 is 11.9 Å². The summed E-state index contributed by atoms with van der Waals surface area (Å²) in [5.41, 5.74) is 1.38. The van der Waals surface area contributed by atoms with Gasteiger partial charge in [-0.1, -0.05) is 30.3 Å². The summed E-state index contributed by atoms with van der Waals surface area (Å²) in [6.45, 7) is 6.42. The van der Waals surface area contributed by atoms with Crippen LogP contribution in [0, 0.1) is 5.92 Å². The normalized spacial score (nSPS) is 17.2. The van der Waals surface area contributed by atoms with Gasteiger partial charge in [0.15, 0.2) is 5.96 Å². The summed E-state index contributed by atoms with van der Waals surface area (Å²) >= 11 is 0. The van der Waals surface area contributed by atoms with E-state index in [4.69, 9.17) is 4.74 Å². The van der Waals surface area contributed by atoms with Crippen LogP contribution in [0.25, 0.3) is 0 Å². The first kappa shape index (κ1) is 21.2. The minimum atomic E-state index is 0.0173. The molecule has 1 fully saturated rings. The highest BCUT2D eigenvalue weighted by atomic mass is 16.5. The van der Waals surface area contributed by atoms with Gasteiger partial charge in [0.2, 0.25) is 5.91 Å². The van der Waals surface area contributed by atoms with Crippen LogP contribution in [0.15, 0.2) is 35.3 Å². The van der Waals surface area contributed by atoms with Gasteiger partial charge < -0.3 is 19.9 Å². The van der Waals surface area contributed by atoms with E-state index < -0.39 is 0 Å². The number of ether oxygens (including phenoxy) is 1. The van der Waals surface area contributed by atoms with Crippen LogP contribution in [0.3, 0.4) is 0 Å². The fourth-order valence-electron chi connectivity index (χ4n) is 3.21. The van der Waals surface area contributed by atoms with Crippen molar-refractivity contribution in [2.45, 2.75) is 26.2 Å². The fourth-order valence-corrected chi connectivity index (χ4v) is 3.21. The van der Waals surface area contributed by atoms with Crippen LogP contribution in [0.5, 0.6) is 0 Å². The number of aliphatic imine (C=N–C) groups is 1. The van der Waals surface area contributed by atoms with Gasteiger partial charge >= 0.3 is 0 Å². The van der Waals surface area contributed by atoms with Gasteiger partial charge in [0, 0.05) is 46.9 Å². The van der Waals surface area contributed by atoms with E-state index in [9.17, 15) is 4.79 Å². The molecule has 0 spiro atoms. The molecule has 6 nitrogen and oxygen atoms in total. The van der Waals surface area contributed by atoms with Crippen molar-refractivity contribution in [1.29, 1.82) is 0 Å². The SMILES string of the molecule is CCOCCCNC(=NCC(=O)N(C)C)N1CCC(Cc2ccccc2)C1. The molecule has 0 aromatic heterocycles. The minimum absolute atomic E-state index is 0.0173. The second kappa shape index (κ2) is 11.6. The molecule has 1 aromatic rings. The molecule has 1 aliphatic heterocycles. The van der Waals surface area contributed by atoms with Gasteiger partial charge in [-0.15, -0.1) is 0 Å². The molecule has 150 valence electrons. The summed E-state index contributed by atoms with van der Waals surface area (Å²) in [6.07, 6.45) is 3.16. The quantitative estimate of drug-likeness (QED) is 0.408. The lowest BCUT2D eigenvalue weighted by Crippen LogP contribution is -2.41. The molecule has 1 amide bonds. The summed E-state index contributed by atoms with van der Waals surface area (Å²) in [7, 11) is 3.53. The molecule has 1 unspecified atom stereocenters. The zero-order valence-electron chi connectivity index (χ0n) is 17.0. The maximum absolute atomic E-state index is 11.9. The number of likely N-dealkylation sites (tertiary alicyclic amines) is 1. The van der Waals surface area contributed by atoms with E-state index in [2.05, 4.69) is 45.5 Å². The molecule has 1 aliphatic rings. The van der Waals surface area contributed by atoms with Crippen molar-refractivity contribution < 1.29 is 9.53 Å². The average Bonchev–Trinajstić information content (AvgIpc) is 3.12. The number of rotatable bonds is 9. The number of nitrogens with one attached hydrogen (secondary N) is 1. The molecule has 0 bridgehead atoms. The predicted molar refractivity (Wildman–Crippen MR) is 110 cm³/mol. The largest absolute Gasteiger partial charge is 0.382 e. The standard InChI is InChI=1S/C21H34N4O2/c1-4-27-14-8-12-22-21(23-16-20(26)24(2)3)25-13-11-19(17-25)15-18-9-6-5-7-10-18/h5-7,9-10,19H,4,8,11-17H2,1-3H3,(H,22,23). The number of guanidine groups is 1. The van der Waals surface area contributed by atoms with Crippen LogP contribution in [-0.2, 0) is 16.0 Å². The monoisotopic (exact) mass is 374 g/mol. The second-order valence-corrected chi connectivity index (χ2v) is 7.20. The number of carbonyl (C=O) groups excluding carboxylic acids is 1. The number of likely N-dealkylation sites (N-methyl/N-ethyl adjacent to an activating group) is 1. The topological polar surface area (TPSA) is 57.2 Å². The lowest BCUT2D eigenvalue weighted by Gasteiger charge is -2.22. The van der Waals surface area contributed by atoms with E-state index in [0.717, 1.165) is 58.1 Å². The van der Waals surface area contributed by atoms with Crippen LogP contribution in [-0.4, -0.2) is 75.2 Å². The van der Waals surface area contributed by atoms with Crippen molar-refractivity contribution in [2.75, 3.05) is 53.5 Å². The zero-order valence-corrected chi connectivity index (χ0v) is 17.0. The highest BCUT2D eigenvalue weighted by Gasteiger charge is 2.25. The Labute approximate surface area is 163 Å². The molecule has 27 heavy (non-hydrogen) atoms. The second-order valence-electron chi connectivity index (χ2n) is 7.20. The van der Waals surface area contributed by atoms with Gasteiger partial charge in [-0.25, -0.2) is 4.99 Å². The highest BCUT2D eigenvalue weighted by molar-refractivity contribution is 5.85. The molecule has 1 heterocycles. The number of benzene rings is 1. The zero-order chi connectivity index (χ0) is 19.5. The van der Waals surface area contributed by atoms with E-state index >= 15 is 0 Å². The maximum atomic E-state index is 11.9. The van der Waals surface area contributed by atoms with Gasteiger partial charge in [0.1, 0.15) is 6.54 Å². The van der Waals surface area contributed by atoms with E-state index in [-0.39, 0.29) is 12.5 Å². The number of nitrogens with zero attached hydrogens (tertiary/aromatic N) is 3. The molecule has 1 N–H and O–H groups in total. The molecular weight excluding hydrogens is 340 g/mol. The first-order valence-corrected chi connectivity index (χ1v) is 9.95. The van der Waals surface area contributed by atoms with E-state index in [1.54, 1.807) is 19.0 Å². The van der Waals surface area contributed by atoms with Crippen molar-refractivity contribution in [3.8, 4) is 0 Å². The first-order valence-electron chi connectivity index (χ1n) is 9.95. The molecule has 0 saturated carbocycles. The van der Waals surface area contributed by atoms with Crippen molar-refractivity contribution in [1.82, 2.24) is 15.1 Å². The number of hydrogen-bond donors (Lipinski definition) is 1. The highest BCUT2D eigenvalue weighted by Crippen LogP contribution is 2.20. The molecule has 1 saturated heterocycles. The Morgan fingerprint density at radius 1 is 1.33 bits per heavy atom. The van der Waals surface area contributed by atoms with Gasteiger partial charge in [0.25, 0.3) is 0 Å². The van der Waals surface area contributed by atoms with Gasteiger partial charge in [-0.3, -0.25) is 4.79 Å². The van der Waals surface area contributed by atoms with Crippen LogP contribution in [0.4, 0.5) is 0 Å². The Hall–Kier alpha value is -2.08. The van der Waals surface area contributed by atoms with Crippen LogP contribution >= 0.6 is 0 Å². The third-order valence-corrected chi connectivity index (χ3v) is 4.77. The van der Waals surface area contributed by atoms with E-state index in [0.29, 0.717) is 5.92 Å². The molecule has 6 heteroatoms. The van der Waals surface area contributed by atoms with E-state index in [1.165, 1.54) is 5.56 Å². The fraction of sp³-hybridized carbons (Fsp3) is 0.619. The third kappa shape index (κ3) is 7.59. The summed E-state index contributed by atoms with van der Waals surface area (Å²) in [5, 5.41) is 3.42. The lowest BCUT2D eigenvalue weighted by molar-refractivity contribution is -0.127. The molecule has 0 aliphatic carbocycles. The number of amides is 1. The summed E-state index contributed by atoms with van der Waals surface area (Å²) in [4.78, 5) is 20.4. The average molecular weight is 375 g/mol. The van der Waals surface area contributed by atoms with Crippen molar-refractivity contribution in [3.63, 3.8) is 0 Å². The van der Waals surface area contributed by atoms with Crippen LogP contribution in [0.1, 0.15) is 25.3 Å². The first-order chi connectivity index (χ1) is 13.1. The summed E-state index contributed by atoms with van der Waals surface area (Å²) in [6, 6.07) is 10.6. The van der Waals surface area contributed by atoms with Gasteiger partial charge in [-0.2, -0.15) is 0 Å². The Bertz CT molecular complexity index is 589. The summed E-state index contributed by atoms with van der Waals surface area (Å²) < 4.78 is 5.40. The predicted octanol–water partition coefficient (Wildman–Crippen LogP) is 2.01. The Morgan fingerprint density at radius 2 is 2.11 bits per heavy atom. The Balaban J connectivity index is 1.91. The molecular formula is C21H34N4O2. The molecule has 0 radical (unpaired) electrons. The van der Waals surface area contributed by atoms with Crippen molar-refractivity contribution in [2.24, 2.45) is 10.9 Å². The van der Waals surface area contributed by atoms with Gasteiger partial charge in [0.05, 0.1) is 0 Å².